The van der Waals surface area contributed by atoms with E-state index < -0.39 is 0 Å². The Morgan fingerprint density at radius 3 is 2.73 bits per heavy atom. The minimum Gasteiger partial charge on any atom is -0.497 e. The van der Waals surface area contributed by atoms with Crippen LogP contribution in [0, 0.1) is 0 Å². The summed E-state index contributed by atoms with van der Waals surface area (Å²) in [5.74, 6) is 1.85. The van der Waals surface area contributed by atoms with E-state index in [0.29, 0.717) is 0 Å². The fraction of sp³-hybridized carbons (Fsp3) is 0.400. The van der Waals surface area contributed by atoms with E-state index in [2.05, 4.69) is 46.4 Å². The van der Waals surface area contributed by atoms with Gasteiger partial charge in [-0.2, -0.15) is 0 Å². The second kappa shape index (κ2) is 7.21. The molecule has 1 atom stereocenters. The van der Waals surface area contributed by atoms with Gasteiger partial charge in [-0.15, -0.1) is 11.3 Å². The summed E-state index contributed by atoms with van der Waals surface area (Å²) in [6.07, 6.45) is 5.25. The van der Waals surface area contributed by atoms with Crippen molar-refractivity contribution in [2.45, 2.75) is 25.3 Å². The average Bonchev–Trinajstić information content (AvgIpc) is 3.23. The number of aryl methyl sites for hydroxylation is 2. The van der Waals surface area contributed by atoms with Crippen LogP contribution in [0.2, 0.25) is 0 Å². The molecule has 1 aliphatic carbocycles. The number of hydrogen-bond donors (Lipinski definition) is 1. The molecule has 3 aromatic rings. The Kier molecular flexibility index (Phi) is 4.78. The van der Waals surface area contributed by atoms with E-state index in [1.807, 2.05) is 23.5 Å². The fourth-order valence-corrected chi connectivity index (χ4v) is 4.91. The largest absolute Gasteiger partial charge is 0.497 e. The van der Waals surface area contributed by atoms with Crippen molar-refractivity contribution in [1.82, 2.24) is 14.9 Å². The maximum Gasteiger partial charge on any atom is 0.138 e. The summed E-state index contributed by atoms with van der Waals surface area (Å²) in [4.78, 5) is 13.9. The van der Waals surface area contributed by atoms with Gasteiger partial charge in [0.1, 0.15) is 22.7 Å². The summed E-state index contributed by atoms with van der Waals surface area (Å²) in [6.45, 7) is 0.788. The molecule has 0 spiro atoms. The third kappa shape index (κ3) is 3.15. The van der Waals surface area contributed by atoms with Gasteiger partial charge in [0.15, 0.2) is 0 Å². The number of benzene rings is 1. The van der Waals surface area contributed by atoms with Crippen molar-refractivity contribution in [2.75, 3.05) is 33.1 Å². The van der Waals surface area contributed by atoms with Crippen molar-refractivity contribution in [3.05, 3.63) is 46.6 Å². The van der Waals surface area contributed by atoms with Crippen LogP contribution in [0.15, 0.2) is 30.6 Å². The van der Waals surface area contributed by atoms with Gasteiger partial charge in [-0.3, -0.25) is 0 Å². The molecule has 2 heterocycles. The molecule has 0 bridgehead atoms. The summed E-state index contributed by atoms with van der Waals surface area (Å²) >= 11 is 1.83. The summed E-state index contributed by atoms with van der Waals surface area (Å²) in [5, 5.41) is 4.83. The number of fused-ring (bicyclic) bond motifs is 3. The second-order valence-corrected chi connectivity index (χ2v) is 7.98. The van der Waals surface area contributed by atoms with E-state index in [1.54, 1.807) is 13.4 Å². The van der Waals surface area contributed by atoms with Crippen molar-refractivity contribution in [3.63, 3.8) is 0 Å². The predicted molar refractivity (Wildman–Crippen MR) is 107 cm³/mol. The first-order valence-corrected chi connectivity index (χ1v) is 9.78. The standard InChI is InChI=1S/C20H24N4OS/c1-24(2)16(13-7-9-14(25-3)10-8-13)11-21-19-18-15-5-4-6-17(15)26-20(18)23-12-22-19/h7-10,12,16H,4-6,11H2,1-3H3,(H,21,22,23). The lowest BCUT2D eigenvalue weighted by molar-refractivity contribution is 0.311. The number of anilines is 1. The Labute approximate surface area is 158 Å². The monoisotopic (exact) mass is 368 g/mol. The molecule has 6 heteroatoms. The van der Waals surface area contributed by atoms with E-state index in [-0.39, 0.29) is 6.04 Å². The Bertz CT molecular complexity index is 904. The van der Waals surface area contributed by atoms with E-state index in [9.17, 15) is 0 Å². The lowest BCUT2D eigenvalue weighted by atomic mass is 10.1. The number of methoxy groups -OCH3 is 1. The highest BCUT2D eigenvalue weighted by Gasteiger charge is 2.22. The molecule has 0 fully saturated rings. The first kappa shape index (κ1) is 17.2. The van der Waals surface area contributed by atoms with Crippen LogP contribution in [0.1, 0.15) is 28.5 Å². The zero-order valence-electron chi connectivity index (χ0n) is 15.5. The maximum atomic E-state index is 5.28. The van der Waals surface area contributed by atoms with Crippen molar-refractivity contribution < 1.29 is 4.74 Å². The SMILES string of the molecule is COc1ccc(C(CNc2ncnc3sc4c(c23)CCC4)N(C)C)cc1. The molecule has 1 unspecified atom stereocenters. The Morgan fingerprint density at radius 2 is 2.00 bits per heavy atom. The molecule has 0 aliphatic heterocycles. The molecule has 4 rings (SSSR count). The highest BCUT2D eigenvalue weighted by atomic mass is 32.1. The van der Waals surface area contributed by atoms with Crippen LogP contribution in [-0.4, -0.2) is 42.6 Å². The molecule has 26 heavy (non-hydrogen) atoms. The van der Waals surface area contributed by atoms with Crippen molar-refractivity contribution in [3.8, 4) is 5.75 Å². The normalized spacial score (nSPS) is 14.6. The number of hydrogen-bond acceptors (Lipinski definition) is 6. The molecule has 1 aliphatic rings. The third-order valence-electron chi connectivity index (χ3n) is 5.09. The van der Waals surface area contributed by atoms with Crippen LogP contribution in [0.3, 0.4) is 0 Å². The smallest absolute Gasteiger partial charge is 0.138 e. The molecule has 0 radical (unpaired) electrons. The van der Waals surface area contributed by atoms with Gasteiger partial charge in [0.05, 0.1) is 18.5 Å². The lowest BCUT2D eigenvalue weighted by Crippen LogP contribution is -2.27. The molecule has 0 saturated heterocycles. The highest BCUT2D eigenvalue weighted by molar-refractivity contribution is 7.19. The van der Waals surface area contributed by atoms with Gasteiger partial charge in [0.25, 0.3) is 0 Å². The van der Waals surface area contributed by atoms with Crippen LogP contribution in [0.5, 0.6) is 5.75 Å². The molecule has 0 amide bonds. The fourth-order valence-electron chi connectivity index (χ4n) is 3.68. The Hall–Kier alpha value is -2.18. The number of likely N-dealkylation sites (N-methyl/N-ethyl adjacent to an activating group) is 1. The average molecular weight is 369 g/mol. The Balaban J connectivity index is 1.59. The summed E-state index contributed by atoms with van der Waals surface area (Å²) in [7, 11) is 5.91. The van der Waals surface area contributed by atoms with Gasteiger partial charge < -0.3 is 15.0 Å². The summed E-state index contributed by atoms with van der Waals surface area (Å²) in [6, 6.07) is 8.53. The predicted octanol–water partition coefficient (Wildman–Crippen LogP) is 3.90. The van der Waals surface area contributed by atoms with Gasteiger partial charge in [-0.25, -0.2) is 9.97 Å². The van der Waals surface area contributed by atoms with Crippen LogP contribution in [-0.2, 0) is 12.8 Å². The number of aromatic nitrogens is 2. The molecular weight excluding hydrogens is 344 g/mol. The maximum absolute atomic E-state index is 5.28. The zero-order chi connectivity index (χ0) is 18.1. The van der Waals surface area contributed by atoms with Gasteiger partial charge >= 0.3 is 0 Å². The molecule has 5 nitrogen and oxygen atoms in total. The second-order valence-electron chi connectivity index (χ2n) is 6.89. The number of thiophene rings is 1. The van der Waals surface area contributed by atoms with E-state index in [4.69, 9.17) is 4.74 Å². The first-order valence-electron chi connectivity index (χ1n) is 8.97. The highest BCUT2D eigenvalue weighted by Crippen LogP contribution is 2.39. The molecular formula is C20H24N4OS. The van der Waals surface area contributed by atoms with Gasteiger partial charge in [0, 0.05) is 11.4 Å². The van der Waals surface area contributed by atoms with Crippen molar-refractivity contribution in [2.24, 2.45) is 0 Å². The quantitative estimate of drug-likeness (QED) is 0.715. The number of nitrogens with zero attached hydrogens (tertiary/aromatic N) is 3. The lowest BCUT2D eigenvalue weighted by Gasteiger charge is -2.25. The van der Waals surface area contributed by atoms with Crippen LogP contribution >= 0.6 is 11.3 Å². The molecule has 0 saturated carbocycles. The zero-order valence-corrected chi connectivity index (χ0v) is 16.3. The summed E-state index contributed by atoms with van der Waals surface area (Å²) in [5.41, 5.74) is 2.71. The van der Waals surface area contributed by atoms with E-state index in [1.165, 1.54) is 34.2 Å². The van der Waals surface area contributed by atoms with Crippen LogP contribution in [0.25, 0.3) is 10.2 Å². The minimum absolute atomic E-state index is 0.248. The molecule has 1 aromatic carbocycles. The van der Waals surface area contributed by atoms with E-state index >= 15 is 0 Å². The third-order valence-corrected chi connectivity index (χ3v) is 6.29. The number of nitrogens with one attached hydrogen (secondary N) is 1. The molecule has 2 aromatic heterocycles. The first-order chi connectivity index (χ1) is 12.7. The summed E-state index contributed by atoms with van der Waals surface area (Å²) < 4.78 is 5.28. The van der Waals surface area contributed by atoms with Crippen molar-refractivity contribution in [1.29, 1.82) is 0 Å². The minimum atomic E-state index is 0.248. The van der Waals surface area contributed by atoms with E-state index in [0.717, 1.165) is 29.4 Å². The van der Waals surface area contributed by atoms with Crippen LogP contribution < -0.4 is 10.1 Å². The van der Waals surface area contributed by atoms with Gasteiger partial charge in [-0.1, -0.05) is 12.1 Å². The number of rotatable bonds is 6. The van der Waals surface area contributed by atoms with Crippen LogP contribution in [0.4, 0.5) is 5.82 Å². The molecule has 1 N–H and O–H groups in total. The molecule has 136 valence electrons. The van der Waals surface area contributed by atoms with Crippen molar-refractivity contribution >= 4 is 27.4 Å². The van der Waals surface area contributed by atoms with Gasteiger partial charge in [-0.05, 0) is 56.6 Å². The number of ether oxygens (including phenoxy) is 1. The van der Waals surface area contributed by atoms with Gasteiger partial charge in [0.2, 0.25) is 0 Å². The Morgan fingerprint density at radius 1 is 1.19 bits per heavy atom. The topological polar surface area (TPSA) is 50.3 Å².